The minimum atomic E-state index is -0.554. The van der Waals surface area contributed by atoms with Crippen molar-refractivity contribution in [1.82, 2.24) is 5.32 Å². The predicted molar refractivity (Wildman–Crippen MR) is 66.7 cm³/mol. The summed E-state index contributed by atoms with van der Waals surface area (Å²) in [5.41, 5.74) is 5.91. The number of carbonyl (C=O) groups excluding carboxylic acids is 1. The SMILES string of the molecule is Nc1ccc(F)c(C(=O)NCC2CCCOC2)c1. The number of carbonyl (C=O) groups is 1. The summed E-state index contributed by atoms with van der Waals surface area (Å²) < 4.78 is 18.8. The lowest BCUT2D eigenvalue weighted by Crippen LogP contribution is -2.33. The fourth-order valence-electron chi connectivity index (χ4n) is 2.02. The second-order valence-corrected chi connectivity index (χ2v) is 4.53. The number of rotatable bonds is 3. The first-order valence-electron chi connectivity index (χ1n) is 6.08. The molecule has 1 amide bonds. The predicted octanol–water partition coefficient (Wildman–Crippen LogP) is 1.56. The van der Waals surface area contributed by atoms with Gasteiger partial charge in [0.2, 0.25) is 0 Å². The number of anilines is 1. The molecule has 0 radical (unpaired) electrons. The van der Waals surface area contributed by atoms with E-state index in [1.807, 2.05) is 0 Å². The van der Waals surface area contributed by atoms with Gasteiger partial charge in [0.05, 0.1) is 12.2 Å². The molecule has 1 unspecified atom stereocenters. The fraction of sp³-hybridized carbons (Fsp3) is 0.462. The zero-order valence-corrected chi connectivity index (χ0v) is 10.1. The molecule has 1 fully saturated rings. The van der Waals surface area contributed by atoms with E-state index in [0.29, 0.717) is 24.8 Å². The molecule has 18 heavy (non-hydrogen) atoms. The van der Waals surface area contributed by atoms with Crippen LogP contribution in [0.15, 0.2) is 18.2 Å². The van der Waals surface area contributed by atoms with Crippen molar-refractivity contribution in [3.05, 3.63) is 29.6 Å². The molecule has 1 saturated heterocycles. The highest BCUT2D eigenvalue weighted by Crippen LogP contribution is 2.14. The largest absolute Gasteiger partial charge is 0.399 e. The van der Waals surface area contributed by atoms with Crippen molar-refractivity contribution in [3.63, 3.8) is 0 Å². The first-order chi connectivity index (χ1) is 8.66. The second kappa shape index (κ2) is 5.82. The van der Waals surface area contributed by atoms with Crippen molar-refractivity contribution < 1.29 is 13.9 Å². The molecule has 98 valence electrons. The molecule has 2 rings (SSSR count). The maximum atomic E-state index is 13.4. The van der Waals surface area contributed by atoms with Gasteiger partial charge in [-0.25, -0.2) is 4.39 Å². The molecular weight excluding hydrogens is 235 g/mol. The van der Waals surface area contributed by atoms with E-state index in [1.54, 1.807) is 0 Å². The third-order valence-electron chi connectivity index (χ3n) is 3.04. The Kier molecular flexibility index (Phi) is 4.15. The van der Waals surface area contributed by atoms with E-state index in [4.69, 9.17) is 10.5 Å². The third kappa shape index (κ3) is 3.20. The molecule has 5 heteroatoms. The maximum absolute atomic E-state index is 13.4. The molecule has 3 N–H and O–H groups in total. The highest BCUT2D eigenvalue weighted by Gasteiger charge is 2.17. The molecule has 1 aromatic carbocycles. The molecule has 0 aromatic heterocycles. The summed E-state index contributed by atoms with van der Waals surface area (Å²) >= 11 is 0. The van der Waals surface area contributed by atoms with Crippen LogP contribution in [0.5, 0.6) is 0 Å². The van der Waals surface area contributed by atoms with Crippen LogP contribution in [0.25, 0.3) is 0 Å². The lowest BCUT2D eigenvalue weighted by molar-refractivity contribution is 0.0536. The van der Waals surface area contributed by atoms with Gasteiger partial charge in [0.1, 0.15) is 5.82 Å². The number of halogens is 1. The highest BCUT2D eigenvalue weighted by molar-refractivity contribution is 5.95. The van der Waals surface area contributed by atoms with Gasteiger partial charge in [-0.05, 0) is 37.0 Å². The van der Waals surface area contributed by atoms with Crippen LogP contribution in [0.1, 0.15) is 23.2 Å². The van der Waals surface area contributed by atoms with Crippen LogP contribution in [0, 0.1) is 11.7 Å². The standard InChI is InChI=1S/C13H17FN2O2/c14-12-4-3-10(15)6-11(12)13(17)16-7-9-2-1-5-18-8-9/h3-4,6,9H,1-2,5,7-8,15H2,(H,16,17). The van der Waals surface area contributed by atoms with Crippen molar-refractivity contribution >= 4 is 11.6 Å². The van der Waals surface area contributed by atoms with E-state index in [2.05, 4.69) is 5.32 Å². The van der Waals surface area contributed by atoms with Crippen molar-refractivity contribution in [2.45, 2.75) is 12.8 Å². The van der Waals surface area contributed by atoms with Gasteiger partial charge in [0.15, 0.2) is 0 Å². The van der Waals surface area contributed by atoms with Gasteiger partial charge in [0, 0.05) is 18.8 Å². The number of benzene rings is 1. The summed E-state index contributed by atoms with van der Waals surface area (Å²) in [5, 5.41) is 2.72. The Morgan fingerprint density at radius 1 is 1.56 bits per heavy atom. The zero-order chi connectivity index (χ0) is 13.0. The molecule has 1 atom stereocenters. The third-order valence-corrected chi connectivity index (χ3v) is 3.04. The number of nitrogens with two attached hydrogens (primary N) is 1. The van der Waals surface area contributed by atoms with E-state index in [-0.39, 0.29) is 5.56 Å². The number of nitrogens with one attached hydrogen (secondary N) is 1. The van der Waals surface area contributed by atoms with Crippen LogP contribution in [-0.2, 0) is 4.74 Å². The van der Waals surface area contributed by atoms with Crippen molar-refractivity contribution in [3.8, 4) is 0 Å². The minimum Gasteiger partial charge on any atom is -0.399 e. The average molecular weight is 252 g/mol. The van der Waals surface area contributed by atoms with E-state index in [9.17, 15) is 9.18 Å². The summed E-state index contributed by atoms with van der Waals surface area (Å²) in [5.74, 6) is -0.668. The normalized spacial score (nSPS) is 19.5. The maximum Gasteiger partial charge on any atom is 0.254 e. The number of nitrogen functional groups attached to an aromatic ring is 1. The molecule has 0 bridgehead atoms. The van der Waals surface area contributed by atoms with Gasteiger partial charge < -0.3 is 15.8 Å². The monoisotopic (exact) mass is 252 g/mol. The number of hydrogen-bond acceptors (Lipinski definition) is 3. The first kappa shape index (κ1) is 12.8. The summed E-state index contributed by atoms with van der Waals surface area (Å²) in [6.45, 7) is 1.95. The Balaban J connectivity index is 1.92. The first-order valence-corrected chi connectivity index (χ1v) is 6.08. The summed E-state index contributed by atoms with van der Waals surface area (Å²) in [4.78, 5) is 11.8. The van der Waals surface area contributed by atoms with E-state index >= 15 is 0 Å². The van der Waals surface area contributed by atoms with Gasteiger partial charge in [0.25, 0.3) is 5.91 Å². The molecule has 0 aliphatic carbocycles. The van der Waals surface area contributed by atoms with Crippen molar-refractivity contribution in [2.24, 2.45) is 5.92 Å². The number of ether oxygens (including phenoxy) is 1. The highest BCUT2D eigenvalue weighted by atomic mass is 19.1. The molecule has 1 heterocycles. The van der Waals surface area contributed by atoms with Crippen LogP contribution in [0.2, 0.25) is 0 Å². The Bertz CT molecular complexity index is 431. The minimum absolute atomic E-state index is 0.00766. The Morgan fingerprint density at radius 2 is 2.39 bits per heavy atom. The van der Waals surface area contributed by atoms with E-state index in [0.717, 1.165) is 19.4 Å². The quantitative estimate of drug-likeness (QED) is 0.802. The summed E-state index contributed by atoms with van der Waals surface area (Å²) in [7, 11) is 0. The average Bonchev–Trinajstić information content (AvgIpc) is 2.40. The van der Waals surface area contributed by atoms with Gasteiger partial charge in [-0.15, -0.1) is 0 Å². The van der Waals surface area contributed by atoms with Crippen LogP contribution in [-0.4, -0.2) is 25.7 Å². The topological polar surface area (TPSA) is 64.4 Å². The Labute approximate surface area is 105 Å². The van der Waals surface area contributed by atoms with Crippen LogP contribution in [0.4, 0.5) is 10.1 Å². The summed E-state index contributed by atoms with van der Waals surface area (Å²) in [6.07, 6.45) is 2.03. The second-order valence-electron chi connectivity index (χ2n) is 4.53. The molecular formula is C13H17FN2O2. The van der Waals surface area contributed by atoms with Crippen LogP contribution < -0.4 is 11.1 Å². The molecule has 4 nitrogen and oxygen atoms in total. The van der Waals surface area contributed by atoms with E-state index < -0.39 is 11.7 Å². The van der Waals surface area contributed by atoms with Gasteiger partial charge in [-0.1, -0.05) is 0 Å². The number of amides is 1. The van der Waals surface area contributed by atoms with E-state index in [1.165, 1.54) is 18.2 Å². The lowest BCUT2D eigenvalue weighted by Gasteiger charge is -2.22. The zero-order valence-electron chi connectivity index (χ0n) is 10.1. The number of hydrogen-bond donors (Lipinski definition) is 2. The van der Waals surface area contributed by atoms with Crippen LogP contribution >= 0.6 is 0 Å². The van der Waals surface area contributed by atoms with Crippen molar-refractivity contribution in [2.75, 3.05) is 25.5 Å². The molecule has 1 aliphatic rings. The van der Waals surface area contributed by atoms with Gasteiger partial charge in [-0.3, -0.25) is 4.79 Å². The Morgan fingerprint density at radius 3 is 3.11 bits per heavy atom. The molecule has 0 spiro atoms. The molecule has 0 saturated carbocycles. The lowest BCUT2D eigenvalue weighted by atomic mass is 10.0. The van der Waals surface area contributed by atoms with Crippen LogP contribution in [0.3, 0.4) is 0 Å². The van der Waals surface area contributed by atoms with Gasteiger partial charge >= 0.3 is 0 Å². The Hall–Kier alpha value is -1.62. The molecule has 1 aliphatic heterocycles. The van der Waals surface area contributed by atoms with Gasteiger partial charge in [-0.2, -0.15) is 0 Å². The summed E-state index contributed by atoms with van der Waals surface area (Å²) in [6, 6.07) is 3.98. The smallest absolute Gasteiger partial charge is 0.254 e. The van der Waals surface area contributed by atoms with Crippen molar-refractivity contribution in [1.29, 1.82) is 0 Å². The fourth-order valence-corrected chi connectivity index (χ4v) is 2.02. The molecule has 1 aromatic rings.